The van der Waals surface area contributed by atoms with Crippen molar-refractivity contribution in [1.29, 1.82) is 0 Å². The van der Waals surface area contributed by atoms with Gasteiger partial charge in [0.1, 0.15) is 54.9 Å². The zero-order chi connectivity index (χ0) is 41.7. The van der Waals surface area contributed by atoms with E-state index in [1.165, 1.54) is 6.92 Å². The van der Waals surface area contributed by atoms with E-state index < -0.39 is 109 Å². The fourth-order valence-electron chi connectivity index (χ4n) is 13.4. The lowest BCUT2D eigenvalue weighted by molar-refractivity contribution is -0.377. The van der Waals surface area contributed by atoms with Crippen molar-refractivity contribution < 1.29 is 70.0 Å². The summed E-state index contributed by atoms with van der Waals surface area (Å²) in [6, 6.07) is 0. The van der Waals surface area contributed by atoms with Crippen molar-refractivity contribution in [3.05, 3.63) is 11.6 Å². The Kier molecular flexibility index (Phi) is 12.4. The Bertz CT molecular complexity index is 1420. The second-order valence-corrected chi connectivity index (χ2v) is 20.3. The van der Waals surface area contributed by atoms with Crippen molar-refractivity contribution in [3.8, 4) is 0 Å². The molecule has 56 heavy (non-hydrogen) atoms. The number of fused-ring (bicyclic) bond motifs is 5. The van der Waals surface area contributed by atoms with Crippen LogP contribution in [0.5, 0.6) is 0 Å². The summed E-state index contributed by atoms with van der Waals surface area (Å²) in [6.07, 6.45) is -11.4. The van der Waals surface area contributed by atoms with E-state index in [0.717, 1.165) is 31.3 Å². The van der Waals surface area contributed by atoms with Crippen LogP contribution in [0.4, 0.5) is 0 Å². The highest BCUT2D eigenvalue weighted by Crippen LogP contribution is 2.76. The van der Waals surface area contributed by atoms with Crippen molar-refractivity contribution in [2.45, 2.75) is 199 Å². The first-order valence-electron chi connectivity index (χ1n) is 20.9. The van der Waals surface area contributed by atoms with Gasteiger partial charge in [0.15, 0.2) is 12.6 Å². The van der Waals surface area contributed by atoms with Gasteiger partial charge in [0.25, 0.3) is 0 Å². The Balaban J connectivity index is 1.24. The van der Waals surface area contributed by atoms with Crippen LogP contribution >= 0.6 is 0 Å². The minimum Gasteiger partial charge on any atom is -0.394 e. The van der Waals surface area contributed by atoms with E-state index in [4.69, 9.17) is 18.9 Å². The molecule has 0 amide bonds. The average Bonchev–Trinajstić information content (AvgIpc) is 3.49. The lowest BCUT2D eigenvalue weighted by Crippen LogP contribution is -2.69. The van der Waals surface area contributed by atoms with Gasteiger partial charge < -0.3 is 70.0 Å². The molecule has 0 bridgehead atoms. The van der Waals surface area contributed by atoms with Crippen molar-refractivity contribution in [2.24, 2.45) is 45.3 Å². The number of hydrogen-bond donors (Lipinski definition) is 10. The lowest BCUT2D eigenvalue weighted by Gasteiger charge is -2.71. The topological polar surface area (TPSA) is 239 Å². The van der Waals surface area contributed by atoms with E-state index in [0.29, 0.717) is 19.3 Å². The Hall–Kier alpha value is -0.820. The summed E-state index contributed by atoms with van der Waals surface area (Å²) in [4.78, 5) is 0. The maximum atomic E-state index is 12.5. The first-order valence-corrected chi connectivity index (χ1v) is 20.9. The summed E-state index contributed by atoms with van der Waals surface area (Å²) in [5.41, 5.74) is -2.31. The summed E-state index contributed by atoms with van der Waals surface area (Å²) >= 11 is 0. The maximum Gasteiger partial charge on any atom is 0.187 e. The summed E-state index contributed by atoms with van der Waals surface area (Å²) < 4.78 is 24.4. The highest BCUT2D eigenvalue weighted by atomic mass is 16.8. The van der Waals surface area contributed by atoms with Crippen LogP contribution in [0.25, 0.3) is 0 Å². The SMILES string of the molecule is CC(C)=C[C@H](O)[C@@H](O)[C@@](C)(O)[C@H]1CC[C@]2(C)[C@@H]1CC[C@@H]1[C@@]3(C)CC[C@H](O[C@@H]4O[C@H](CO)[C@@H](O)[C@H](O)[C@H]4O[C@@H]4O[C@@H](C)[C@H](O)[C@@H](O)[C@H]4O)C(C)(C)[C@@H]3C[C@H](O)[C@]12C. The van der Waals surface area contributed by atoms with Crippen LogP contribution in [0.1, 0.15) is 107 Å². The minimum atomic E-state index is -1.68. The standard InChI is InChI=1S/C42H72O14/c1-19(2)16-23(44)35(51)42(9,52)22-12-15-40(7)21(22)10-11-25-39(6)14-13-28(38(4,5)26(39)17-27(45)41(25,40)8)55-37-34(32(49)30(47)24(18-43)54-37)56-36-33(50)31(48)29(46)20(3)53-36/h16,20-37,43-52H,10-15,17-18H2,1-9H3/t20-,21+,22-,23-,24+,25+,26-,27-,28-,29-,30+,31+,32-,33+,34+,35+,36-,37-,39+,40+,41-,42-/m0/s1. The molecule has 22 atom stereocenters. The van der Waals surface area contributed by atoms with Crippen molar-refractivity contribution in [3.63, 3.8) is 0 Å². The molecule has 4 aliphatic carbocycles. The fourth-order valence-corrected chi connectivity index (χ4v) is 13.4. The molecule has 0 radical (unpaired) electrons. The summed E-state index contributed by atoms with van der Waals surface area (Å²) in [5.74, 6) is -0.133. The molecule has 2 aliphatic heterocycles. The Morgan fingerprint density at radius 2 is 1.46 bits per heavy atom. The average molecular weight is 801 g/mol. The number of allylic oxidation sites excluding steroid dienone is 1. The predicted octanol–water partition coefficient (Wildman–Crippen LogP) is 1.12. The summed E-state index contributed by atoms with van der Waals surface area (Å²) in [7, 11) is 0. The van der Waals surface area contributed by atoms with Gasteiger partial charge >= 0.3 is 0 Å². The largest absolute Gasteiger partial charge is 0.394 e. The van der Waals surface area contributed by atoms with Gasteiger partial charge in [-0.15, -0.1) is 0 Å². The highest BCUT2D eigenvalue weighted by molar-refractivity contribution is 5.21. The van der Waals surface area contributed by atoms with E-state index in [-0.39, 0.29) is 34.5 Å². The third kappa shape index (κ3) is 6.87. The van der Waals surface area contributed by atoms with E-state index >= 15 is 0 Å². The molecule has 10 N–H and O–H groups in total. The molecule has 0 unspecified atom stereocenters. The Morgan fingerprint density at radius 3 is 2.09 bits per heavy atom. The first kappa shape index (κ1) is 44.7. The van der Waals surface area contributed by atoms with Crippen LogP contribution in [-0.4, -0.2) is 149 Å². The van der Waals surface area contributed by atoms with Gasteiger partial charge in [-0.05, 0) is 113 Å². The molecule has 324 valence electrons. The van der Waals surface area contributed by atoms with Gasteiger partial charge in [-0.2, -0.15) is 0 Å². The normalized spacial score (nSPS) is 52.5. The zero-order valence-corrected chi connectivity index (χ0v) is 34.7. The molecule has 6 rings (SSSR count). The van der Waals surface area contributed by atoms with Crippen LogP contribution in [0.3, 0.4) is 0 Å². The fraction of sp³-hybridized carbons (Fsp3) is 0.952. The molecule has 6 aliphatic rings. The lowest BCUT2D eigenvalue weighted by atomic mass is 9.34. The molecule has 4 saturated carbocycles. The first-order chi connectivity index (χ1) is 25.9. The third-order valence-corrected chi connectivity index (χ3v) is 16.8. The monoisotopic (exact) mass is 800 g/mol. The zero-order valence-electron chi connectivity index (χ0n) is 34.7. The molecule has 14 nitrogen and oxygen atoms in total. The van der Waals surface area contributed by atoms with Gasteiger partial charge in [0.05, 0.1) is 30.5 Å². The van der Waals surface area contributed by atoms with Gasteiger partial charge in [-0.3, -0.25) is 0 Å². The Morgan fingerprint density at radius 1 is 0.804 bits per heavy atom. The predicted molar refractivity (Wildman–Crippen MR) is 202 cm³/mol. The van der Waals surface area contributed by atoms with E-state index in [1.54, 1.807) is 13.0 Å². The van der Waals surface area contributed by atoms with E-state index in [2.05, 4.69) is 34.6 Å². The van der Waals surface area contributed by atoms with Gasteiger partial charge in [0.2, 0.25) is 0 Å². The van der Waals surface area contributed by atoms with Gasteiger partial charge in [0, 0.05) is 5.41 Å². The van der Waals surface area contributed by atoms with E-state index in [9.17, 15) is 51.1 Å². The minimum absolute atomic E-state index is 0.0172. The molecule has 0 aromatic rings. The molecule has 6 fully saturated rings. The smallest absolute Gasteiger partial charge is 0.187 e. The molecule has 14 heteroatoms. The summed E-state index contributed by atoms with van der Waals surface area (Å²) in [5, 5.41) is 110. The molecule has 0 aromatic carbocycles. The van der Waals surface area contributed by atoms with Crippen LogP contribution in [0.2, 0.25) is 0 Å². The second-order valence-electron chi connectivity index (χ2n) is 20.3. The molecule has 0 aromatic heterocycles. The molecule has 2 heterocycles. The number of aliphatic hydroxyl groups excluding tert-OH is 9. The number of rotatable bonds is 9. The number of hydrogen-bond acceptors (Lipinski definition) is 14. The number of ether oxygens (including phenoxy) is 4. The van der Waals surface area contributed by atoms with Gasteiger partial charge in [-0.25, -0.2) is 0 Å². The van der Waals surface area contributed by atoms with Crippen molar-refractivity contribution in [2.75, 3.05) is 6.61 Å². The highest BCUT2D eigenvalue weighted by Gasteiger charge is 2.73. The van der Waals surface area contributed by atoms with Crippen molar-refractivity contribution >= 4 is 0 Å². The van der Waals surface area contributed by atoms with Crippen LogP contribution in [-0.2, 0) is 18.9 Å². The quantitative estimate of drug-likeness (QED) is 0.116. The van der Waals surface area contributed by atoms with Crippen molar-refractivity contribution in [1.82, 2.24) is 0 Å². The number of aliphatic hydroxyl groups is 10. The third-order valence-electron chi connectivity index (χ3n) is 16.8. The second kappa shape index (κ2) is 15.6. The Labute approximate surface area is 331 Å². The maximum absolute atomic E-state index is 12.5. The van der Waals surface area contributed by atoms with E-state index in [1.807, 2.05) is 13.8 Å². The summed E-state index contributed by atoms with van der Waals surface area (Å²) in [6.45, 7) is 17.3. The molecular formula is C42H72O14. The molecular weight excluding hydrogens is 728 g/mol. The van der Waals surface area contributed by atoms with Crippen LogP contribution in [0, 0.1) is 45.3 Å². The van der Waals surface area contributed by atoms with Crippen LogP contribution in [0.15, 0.2) is 11.6 Å². The molecule has 2 saturated heterocycles. The molecule has 0 spiro atoms. The van der Waals surface area contributed by atoms with Gasteiger partial charge in [-0.1, -0.05) is 46.3 Å². The van der Waals surface area contributed by atoms with Crippen LogP contribution < -0.4 is 0 Å².